The van der Waals surface area contributed by atoms with Crippen LogP contribution in [-0.2, 0) is 4.74 Å². The smallest absolute Gasteiger partial charge is 0.342 e. The lowest BCUT2D eigenvalue weighted by atomic mass is 9.45. The maximum absolute atomic E-state index is 12.6. The molecule has 1 aromatic rings. The predicted molar refractivity (Wildman–Crippen MR) is 86.9 cm³/mol. The molecule has 0 saturated heterocycles. The maximum atomic E-state index is 12.6. The Hall–Kier alpha value is -1.58. The summed E-state index contributed by atoms with van der Waals surface area (Å²) in [6.45, 7) is 6.94. The molecule has 22 heavy (non-hydrogen) atoms. The number of carbonyl (C=O) groups excluding carboxylic acids is 1. The molecule has 0 spiro atoms. The summed E-state index contributed by atoms with van der Waals surface area (Å²) in [6, 6.07) is 3.58. The molecule has 4 atom stereocenters. The molecule has 3 aliphatic carbocycles. The molecule has 0 aromatic carbocycles. The Kier molecular flexibility index (Phi) is 3.66. The quantitative estimate of drug-likeness (QED) is 0.803. The Bertz CT molecular complexity index is 582. The lowest BCUT2D eigenvalue weighted by molar-refractivity contribution is -0.156. The standard InChI is InChI=1S/C18H26N2O2/c1-11-14-9-12(18(14,2)3)10-15(11)22-17(21)13-7-6-8-19-16(13)20(4)5/h6-8,11-12,14-15H,9-10H2,1-5H3. The zero-order valence-corrected chi connectivity index (χ0v) is 14.2. The number of aromatic nitrogens is 1. The molecular weight excluding hydrogens is 276 g/mol. The van der Waals surface area contributed by atoms with E-state index in [1.165, 1.54) is 6.42 Å². The van der Waals surface area contributed by atoms with Crippen molar-refractivity contribution >= 4 is 11.8 Å². The third-order valence-electron chi connectivity index (χ3n) is 5.97. The summed E-state index contributed by atoms with van der Waals surface area (Å²) >= 11 is 0. The maximum Gasteiger partial charge on any atom is 0.342 e. The molecule has 0 aliphatic heterocycles. The van der Waals surface area contributed by atoms with Crippen molar-refractivity contribution in [2.75, 3.05) is 19.0 Å². The largest absolute Gasteiger partial charge is 0.458 e. The second kappa shape index (κ2) is 5.25. The fraction of sp³-hybridized carbons (Fsp3) is 0.667. The first-order valence-corrected chi connectivity index (χ1v) is 8.15. The van der Waals surface area contributed by atoms with Crippen LogP contribution in [-0.4, -0.2) is 31.2 Å². The third kappa shape index (κ3) is 2.29. The molecule has 3 aliphatic rings. The van der Waals surface area contributed by atoms with E-state index in [4.69, 9.17) is 4.74 Å². The predicted octanol–water partition coefficient (Wildman–Crippen LogP) is 3.38. The first-order chi connectivity index (χ1) is 10.3. The first kappa shape index (κ1) is 15.3. The van der Waals surface area contributed by atoms with Crippen LogP contribution < -0.4 is 4.90 Å². The van der Waals surface area contributed by atoms with Crippen molar-refractivity contribution in [3.05, 3.63) is 23.9 Å². The first-order valence-electron chi connectivity index (χ1n) is 8.15. The Balaban J connectivity index is 1.74. The van der Waals surface area contributed by atoms with Gasteiger partial charge in [0.25, 0.3) is 0 Å². The summed E-state index contributed by atoms with van der Waals surface area (Å²) in [5.74, 6) is 2.22. The van der Waals surface area contributed by atoms with Crippen LogP contribution >= 0.6 is 0 Å². The van der Waals surface area contributed by atoms with Crippen LogP contribution in [0.1, 0.15) is 44.0 Å². The van der Waals surface area contributed by atoms with Crippen molar-refractivity contribution in [2.45, 2.75) is 39.7 Å². The summed E-state index contributed by atoms with van der Waals surface area (Å²) in [6.07, 6.45) is 4.03. The highest BCUT2D eigenvalue weighted by atomic mass is 16.5. The van der Waals surface area contributed by atoms with Crippen molar-refractivity contribution in [1.82, 2.24) is 4.98 Å². The van der Waals surface area contributed by atoms with Crippen LogP contribution in [0.15, 0.2) is 18.3 Å². The van der Waals surface area contributed by atoms with Crippen LogP contribution in [0, 0.1) is 23.2 Å². The number of rotatable bonds is 3. The van der Waals surface area contributed by atoms with E-state index in [-0.39, 0.29) is 12.1 Å². The molecule has 0 amide bonds. The second-order valence-electron chi connectivity index (χ2n) is 7.67. The Morgan fingerprint density at radius 2 is 2.09 bits per heavy atom. The SMILES string of the molecule is CC1C(OC(=O)c2cccnc2N(C)C)CC2CC1C2(C)C. The fourth-order valence-corrected chi connectivity index (χ4v) is 4.37. The average Bonchev–Trinajstić information content (AvgIpc) is 2.48. The highest BCUT2D eigenvalue weighted by molar-refractivity contribution is 5.94. The van der Waals surface area contributed by atoms with Gasteiger partial charge in [-0.3, -0.25) is 0 Å². The number of hydrogen-bond acceptors (Lipinski definition) is 4. The summed E-state index contributed by atoms with van der Waals surface area (Å²) in [7, 11) is 3.78. The molecule has 3 saturated carbocycles. The Morgan fingerprint density at radius 3 is 2.68 bits per heavy atom. The van der Waals surface area contributed by atoms with Gasteiger partial charge < -0.3 is 9.64 Å². The van der Waals surface area contributed by atoms with Gasteiger partial charge in [-0.25, -0.2) is 9.78 Å². The van der Waals surface area contributed by atoms with Gasteiger partial charge in [-0.2, -0.15) is 0 Å². The van der Waals surface area contributed by atoms with Gasteiger partial charge >= 0.3 is 5.97 Å². The number of hydrogen-bond donors (Lipinski definition) is 0. The van der Waals surface area contributed by atoms with Crippen LogP contribution in [0.2, 0.25) is 0 Å². The lowest BCUT2D eigenvalue weighted by Gasteiger charge is -2.61. The minimum absolute atomic E-state index is 0.0412. The molecule has 1 aromatic heterocycles. The second-order valence-corrected chi connectivity index (χ2v) is 7.67. The number of nitrogens with zero attached hydrogens (tertiary/aromatic N) is 2. The highest BCUT2D eigenvalue weighted by Gasteiger charge is 2.57. The van der Waals surface area contributed by atoms with Gasteiger partial charge in [0.05, 0.1) is 0 Å². The highest BCUT2D eigenvalue weighted by Crippen LogP contribution is 2.61. The van der Waals surface area contributed by atoms with Crippen LogP contribution in [0.25, 0.3) is 0 Å². The molecule has 4 rings (SSSR count). The zero-order valence-electron chi connectivity index (χ0n) is 14.2. The molecule has 2 bridgehead atoms. The number of pyridine rings is 1. The molecule has 0 N–H and O–H groups in total. The van der Waals surface area contributed by atoms with Crippen molar-refractivity contribution in [2.24, 2.45) is 23.2 Å². The number of anilines is 1. The molecule has 4 unspecified atom stereocenters. The van der Waals surface area contributed by atoms with Crippen LogP contribution in [0.5, 0.6) is 0 Å². The number of carbonyl (C=O) groups is 1. The summed E-state index contributed by atoms with van der Waals surface area (Å²) < 4.78 is 5.87. The van der Waals surface area contributed by atoms with E-state index in [2.05, 4.69) is 25.8 Å². The van der Waals surface area contributed by atoms with Crippen molar-refractivity contribution < 1.29 is 9.53 Å². The zero-order chi connectivity index (χ0) is 16.1. The Morgan fingerprint density at radius 1 is 1.36 bits per heavy atom. The van der Waals surface area contributed by atoms with E-state index in [1.54, 1.807) is 18.3 Å². The third-order valence-corrected chi connectivity index (χ3v) is 5.97. The minimum atomic E-state index is -0.243. The van der Waals surface area contributed by atoms with Gasteiger partial charge in [-0.05, 0) is 48.1 Å². The van der Waals surface area contributed by atoms with Crippen molar-refractivity contribution in [1.29, 1.82) is 0 Å². The molecule has 0 radical (unpaired) electrons. The summed E-state index contributed by atoms with van der Waals surface area (Å²) in [5, 5.41) is 0. The lowest BCUT2D eigenvalue weighted by Crippen LogP contribution is -2.57. The van der Waals surface area contributed by atoms with E-state index >= 15 is 0 Å². The molecule has 3 fully saturated rings. The topological polar surface area (TPSA) is 42.4 Å². The normalized spacial score (nSPS) is 32.0. The molecule has 120 valence electrons. The van der Waals surface area contributed by atoms with Crippen LogP contribution in [0.4, 0.5) is 5.82 Å². The van der Waals surface area contributed by atoms with Gasteiger partial charge in [0.15, 0.2) is 0 Å². The molecule has 1 heterocycles. The van der Waals surface area contributed by atoms with Gasteiger partial charge in [-0.1, -0.05) is 20.8 Å². The van der Waals surface area contributed by atoms with E-state index in [1.807, 2.05) is 19.0 Å². The number of ether oxygens (including phenoxy) is 1. The van der Waals surface area contributed by atoms with Gasteiger partial charge in [-0.15, -0.1) is 0 Å². The van der Waals surface area contributed by atoms with E-state index in [0.717, 1.165) is 6.42 Å². The Labute approximate surface area is 132 Å². The van der Waals surface area contributed by atoms with E-state index in [9.17, 15) is 4.79 Å². The van der Waals surface area contributed by atoms with Gasteiger partial charge in [0.2, 0.25) is 0 Å². The van der Waals surface area contributed by atoms with Crippen LogP contribution in [0.3, 0.4) is 0 Å². The molecule has 4 nitrogen and oxygen atoms in total. The number of esters is 1. The van der Waals surface area contributed by atoms with Crippen molar-refractivity contribution in [3.63, 3.8) is 0 Å². The van der Waals surface area contributed by atoms with E-state index in [0.29, 0.717) is 34.6 Å². The molecule has 4 heteroatoms. The molecular formula is C18H26N2O2. The minimum Gasteiger partial charge on any atom is -0.458 e. The number of fused-ring (bicyclic) bond motifs is 2. The monoisotopic (exact) mass is 302 g/mol. The van der Waals surface area contributed by atoms with Gasteiger partial charge in [0, 0.05) is 20.3 Å². The van der Waals surface area contributed by atoms with E-state index < -0.39 is 0 Å². The van der Waals surface area contributed by atoms with Gasteiger partial charge in [0.1, 0.15) is 17.5 Å². The fourth-order valence-electron chi connectivity index (χ4n) is 4.37. The summed E-state index contributed by atoms with van der Waals surface area (Å²) in [5.41, 5.74) is 0.962. The van der Waals surface area contributed by atoms with Crippen molar-refractivity contribution in [3.8, 4) is 0 Å². The summed E-state index contributed by atoms with van der Waals surface area (Å²) in [4.78, 5) is 18.7. The average molecular weight is 302 g/mol.